The molecule has 0 saturated carbocycles. The van der Waals surface area contributed by atoms with Crippen molar-refractivity contribution in [2.45, 2.75) is 37.1 Å². The van der Waals surface area contributed by atoms with Crippen LogP contribution in [0.3, 0.4) is 0 Å². The van der Waals surface area contributed by atoms with Crippen molar-refractivity contribution in [3.05, 3.63) is 75.3 Å². The molecule has 3 unspecified atom stereocenters. The number of carbonyl (C=O) groups excluding carboxylic acids is 2. The van der Waals surface area contributed by atoms with Crippen molar-refractivity contribution >= 4 is 46.7 Å². The van der Waals surface area contributed by atoms with E-state index in [0.717, 1.165) is 0 Å². The standard InChI is InChI=1S/C23H20Cl2N2O4/c1-3-11(2)20-23(16-5-4-14(24)9-18(16)26-22(23)31)17(10-19(28)27-20)12-6-13(21(29)30)8-15(25)7-12/h4-9,17,20H,2-3,10H2,1H3,(H,26,31)(H,27,28)(H,29,30). The van der Waals surface area contributed by atoms with Gasteiger partial charge < -0.3 is 15.7 Å². The van der Waals surface area contributed by atoms with Gasteiger partial charge in [0.2, 0.25) is 11.8 Å². The summed E-state index contributed by atoms with van der Waals surface area (Å²) in [6.07, 6.45) is 0.536. The van der Waals surface area contributed by atoms with Gasteiger partial charge in [0.1, 0.15) is 5.41 Å². The third-order valence-electron chi connectivity index (χ3n) is 6.18. The van der Waals surface area contributed by atoms with Gasteiger partial charge in [-0.25, -0.2) is 4.79 Å². The van der Waals surface area contributed by atoms with Gasteiger partial charge in [-0.05, 0) is 47.9 Å². The van der Waals surface area contributed by atoms with Crippen molar-refractivity contribution in [1.29, 1.82) is 0 Å². The van der Waals surface area contributed by atoms with Crippen LogP contribution in [0.15, 0.2) is 48.6 Å². The zero-order chi connectivity index (χ0) is 22.5. The molecule has 2 aromatic rings. The number of nitrogens with one attached hydrogen (secondary N) is 2. The largest absolute Gasteiger partial charge is 0.478 e. The lowest BCUT2D eigenvalue weighted by Gasteiger charge is -2.47. The molecule has 3 N–H and O–H groups in total. The van der Waals surface area contributed by atoms with E-state index in [9.17, 15) is 19.5 Å². The van der Waals surface area contributed by atoms with Crippen LogP contribution < -0.4 is 10.6 Å². The Morgan fingerprint density at radius 2 is 1.94 bits per heavy atom. The molecule has 0 aromatic heterocycles. The molecule has 4 rings (SSSR count). The van der Waals surface area contributed by atoms with E-state index in [1.807, 2.05) is 6.92 Å². The molecule has 1 saturated heterocycles. The Hall–Kier alpha value is -2.83. The molecule has 1 fully saturated rings. The topological polar surface area (TPSA) is 95.5 Å². The number of fused-ring (bicyclic) bond motifs is 2. The molecule has 160 valence electrons. The van der Waals surface area contributed by atoms with Crippen molar-refractivity contribution in [3.63, 3.8) is 0 Å². The highest BCUT2D eigenvalue weighted by Crippen LogP contribution is 2.54. The molecule has 2 aliphatic rings. The minimum atomic E-state index is -1.22. The summed E-state index contributed by atoms with van der Waals surface area (Å²) in [6, 6.07) is 8.90. The van der Waals surface area contributed by atoms with Crippen molar-refractivity contribution in [2.75, 3.05) is 5.32 Å². The molecule has 8 heteroatoms. The lowest BCUT2D eigenvalue weighted by Crippen LogP contribution is -2.62. The predicted octanol–water partition coefficient (Wildman–Crippen LogP) is 4.52. The van der Waals surface area contributed by atoms with Crippen LogP contribution in [-0.4, -0.2) is 28.9 Å². The number of hydrogen-bond donors (Lipinski definition) is 3. The second-order valence-electron chi connectivity index (χ2n) is 7.86. The van der Waals surface area contributed by atoms with Gasteiger partial charge in [0.05, 0.1) is 11.6 Å². The van der Waals surface area contributed by atoms with Gasteiger partial charge in [-0.3, -0.25) is 9.59 Å². The molecule has 2 aliphatic heterocycles. The lowest BCUT2D eigenvalue weighted by molar-refractivity contribution is -0.130. The maximum Gasteiger partial charge on any atom is 0.335 e. The third-order valence-corrected chi connectivity index (χ3v) is 6.64. The Kier molecular flexibility index (Phi) is 5.31. The molecule has 0 bridgehead atoms. The molecule has 31 heavy (non-hydrogen) atoms. The second kappa shape index (κ2) is 7.70. The van der Waals surface area contributed by atoms with E-state index in [0.29, 0.717) is 33.8 Å². The number of carbonyl (C=O) groups is 3. The minimum Gasteiger partial charge on any atom is -0.478 e. The van der Waals surface area contributed by atoms with Crippen molar-refractivity contribution in [3.8, 4) is 0 Å². The zero-order valence-corrected chi connectivity index (χ0v) is 18.2. The maximum absolute atomic E-state index is 13.6. The number of halogens is 2. The fourth-order valence-corrected chi connectivity index (χ4v) is 5.20. The van der Waals surface area contributed by atoms with Gasteiger partial charge in [0, 0.05) is 28.1 Å². The van der Waals surface area contributed by atoms with E-state index < -0.39 is 23.3 Å². The van der Waals surface area contributed by atoms with E-state index in [1.54, 1.807) is 24.3 Å². The van der Waals surface area contributed by atoms with Crippen molar-refractivity contribution < 1.29 is 19.5 Å². The van der Waals surface area contributed by atoms with Crippen LogP contribution >= 0.6 is 23.2 Å². The molecule has 1 spiro atoms. The fourth-order valence-electron chi connectivity index (χ4n) is 4.79. The molecule has 2 heterocycles. The van der Waals surface area contributed by atoms with Gasteiger partial charge in [-0.2, -0.15) is 0 Å². The first-order valence-corrected chi connectivity index (χ1v) is 10.6. The minimum absolute atomic E-state index is 0.00997. The first-order valence-electron chi connectivity index (χ1n) is 9.80. The number of piperidine rings is 1. The molecule has 0 radical (unpaired) electrons. The normalized spacial score (nSPS) is 24.5. The molecule has 2 amide bonds. The van der Waals surface area contributed by atoms with Crippen LogP contribution in [0.4, 0.5) is 5.69 Å². The molecule has 6 nitrogen and oxygen atoms in total. The van der Waals surface area contributed by atoms with Crippen LogP contribution in [-0.2, 0) is 15.0 Å². The van der Waals surface area contributed by atoms with Gasteiger partial charge in [-0.15, -0.1) is 0 Å². The number of rotatable bonds is 4. The number of hydrogen-bond acceptors (Lipinski definition) is 3. The number of amides is 2. The van der Waals surface area contributed by atoms with E-state index >= 15 is 0 Å². The summed E-state index contributed by atoms with van der Waals surface area (Å²) in [6.45, 7) is 6.03. The van der Waals surface area contributed by atoms with E-state index in [-0.39, 0.29) is 28.8 Å². The summed E-state index contributed by atoms with van der Waals surface area (Å²) in [5.41, 5.74) is 1.21. The quantitative estimate of drug-likeness (QED) is 0.586. The predicted molar refractivity (Wildman–Crippen MR) is 119 cm³/mol. The summed E-state index contributed by atoms with van der Waals surface area (Å²) in [5, 5.41) is 16.1. The Bertz CT molecular complexity index is 1150. The second-order valence-corrected chi connectivity index (χ2v) is 8.73. The Balaban J connectivity index is 2.02. The van der Waals surface area contributed by atoms with Crippen molar-refractivity contribution in [2.24, 2.45) is 0 Å². The highest BCUT2D eigenvalue weighted by atomic mass is 35.5. The Morgan fingerprint density at radius 1 is 1.19 bits per heavy atom. The number of benzene rings is 2. The molecular formula is C23H20Cl2N2O4. The fraction of sp³-hybridized carbons (Fsp3) is 0.261. The summed E-state index contributed by atoms with van der Waals surface area (Å²) in [7, 11) is 0. The van der Waals surface area contributed by atoms with Crippen LogP contribution in [0.2, 0.25) is 10.0 Å². The average molecular weight is 459 g/mol. The Labute approximate surface area is 189 Å². The summed E-state index contributed by atoms with van der Waals surface area (Å²) >= 11 is 12.4. The molecule has 2 aromatic carbocycles. The first kappa shape index (κ1) is 21.4. The maximum atomic E-state index is 13.6. The van der Waals surface area contributed by atoms with E-state index in [1.165, 1.54) is 12.1 Å². The molecular weight excluding hydrogens is 439 g/mol. The Morgan fingerprint density at radius 3 is 2.61 bits per heavy atom. The number of carboxylic acids is 1. The molecule has 0 aliphatic carbocycles. The monoisotopic (exact) mass is 458 g/mol. The number of carboxylic acid groups (broad SMARTS) is 1. The van der Waals surface area contributed by atoms with Crippen LogP contribution in [0.1, 0.15) is 47.2 Å². The first-order chi connectivity index (χ1) is 14.7. The van der Waals surface area contributed by atoms with Crippen LogP contribution in [0.5, 0.6) is 0 Å². The van der Waals surface area contributed by atoms with E-state index in [2.05, 4.69) is 17.2 Å². The van der Waals surface area contributed by atoms with Crippen LogP contribution in [0.25, 0.3) is 0 Å². The summed E-state index contributed by atoms with van der Waals surface area (Å²) in [4.78, 5) is 38.0. The van der Waals surface area contributed by atoms with Gasteiger partial charge in [0.25, 0.3) is 0 Å². The molecule has 3 atom stereocenters. The van der Waals surface area contributed by atoms with Gasteiger partial charge in [-0.1, -0.05) is 48.3 Å². The highest BCUT2D eigenvalue weighted by molar-refractivity contribution is 6.31. The van der Waals surface area contributed by atoms with Crippen molar-refractivity contribution in [1.82, 2.24) is 5.32 Å². The van der Waals surface area contributed by atoms with E-state index in [4.69, 9.17) is 23.2 Å². The summed E-state index contributed by atoms with van der Waals surface area (Å²) < 4.78 is 0. The van der Waals surface area contributed by atoms with Crippen LogP contribution in [0, 0.1) is 0 Å². The third kappa shape index (κ3) is 3.30. The van der Waals surface area contributed by atoms with Gasteiger partial charge >= 0.3 is 5.97 Å². The van der Waals surface area contributed by atoms with Gasteiger partial charge in [0.15, 0.2) is 0 Å². The average Bonchev–Trinajstić information content (AvgIpc) is 2.99. The highest BCUT2D eigenvalue weighted by Gasteiger charge is 2.61. The summed E-state index contributed by atoms with van der Waals surface area (Å²) in [5.74, 6) is -2.35. The SMILES string of the molecule is C=C(CC)C1NC(=O)CC(c2cc(Cl)cc(C(=O)O)c2)C12C(=O)Nc1cc(Cl)ccc12. The number of anilines is 1. The number of aromatic carboxylic acids is 1. The zero-order valence-electron chi connectivity index (χ0n) is 16.7. The smallest absolute Gasteiger partial charge is 0.335 e. The lowest BCUT2D eigenvalue weighted by atomic mass is 9.59.